The molecule has 0 aromatic heterocycles. The van der Waals surface area contributed by atoms with Crippen LogP contribution in [0.25, 0.3) is 0 Å². The molecule has 4 nitrogen and oxygen atoms in total. The van der Waals surface area contributed by atoms with Gasteiger partial charge >= 0.3 is 0 Å². The molecule has 1 amide bonds. The zero-order valence-corrected chi connectivity index (χ0v) is 10.6. The highest BCUT2D eigenvalue weighted by atomic mass is 35.5. The van der Waals surface area contributed by atoms with Crippen molar-refractivity contribution in [1.82, 2.24) is 5.32 Å². The van der Waals surface area contributed by atoms with Gasteiger partial charge in [0.05, 0.1) is 12.8 Å². The van der Waals surface area contributed by atoms with Crippen LogP contribution in [0.3, 0.4) is 0 Å². The number of methoxy groups -OCH3 is 1. The first-order valence-corrected chi connectivity index (χ1v) is 4.95. The molecule has 17 heavy (non-hydrogen) atoms. The van der Waals surface area contributed by atoms with Crippen LogP contribution < -0.4 is 15.4 Å². The lowest BCUT2D eigenvalue weighted by Gasteiger charge is -2.08. The van der Waals surface area contributed by atoms with E-state index < -0.39 is 5.82 Å². The SMILES string of the molecule is CNCCC(=O)Nc1cc(OC)ccc1F.Cl. The van der Waals surface area contributed by atoms with Crippen LogP contribution >= 0.6 is 12.4 Å². The standard InChI is InChI=1S/C11H15FN2O2.ClH/c1-13-6-5-11(15)14-10-7-8(16-2)3-4-9(10)12;/h3-4,7,13H,5-6H2,1-2H3,(H,14,15);1H. The number of hydrogen-bond donors (Lipinski definition) is 2. The van der Waals surface area contributed by atoms with Crippen LogP contribution in [0.15, 0.2) is 18.2 Å². The molecule has 2 N–H and O–H groups in total. The molecule has 0 aliphatic rings. The monoisotopic (exact) mass is 262 g/mol. The third kappa shape index (κ3) is 5.01. The summed E-state index contributed by atoms with van der Waals surface area (Å²) in [5.74, 6) is -0.203. The lowest BCUT2D eigenvalue weighted by Crippen LogP contribution is -2.19. The number of halogens is 2. The summed E-state index contributed by atoms with van der Waals surface area (Å²) in [6.07, 6.45) is 0.299. The topological polar surface area (TPSA) is 50.4 Å². The van der Waals surface area contributed by atoms with Crippen molar-refractivity contribution >= 4 is 24.0 Å². The minimum absolute atomic E-state index is 0. The molecule has 6 heteroatoms. The van der Waals surface area contributed by atoms with Crippen molar-refractivity contribution in [3.05, 3.63) is 24.0 Å². The third-order valence-electron chi connectivity index (χ3n) is 2.05. The fourth-order valence-electron chi connectivity index (χ4n) is 1.18. The van der Waals surface area contributed by atoms with Gasteiger partial charge in [0.2, 0.25) is 5.91 Å². The molecular weight excluding hydrogens is 247 g/mol. The summed E-state index contributed by atoms with van der Waals surface area (Å²) in [7, 11) is 3.24. The van der Waals surface area contributed by atoms with Gasteiger partial charge in [0.25, 0.3) is 0 Å². The molecule has 0 aliphatic carbocycles. The van der Waals surface area contributed by atoms with Crippen LogP contribution in [0, 0.1) is 5.82 Å². The Kier molecular flexibility index (Phi) is 7.25. The number of benzene rings is 1. The summed E-state index contributed by atoms with van der Waals surface area (Å²) in [6.45, 7) is 0.553. The van der Waals surface area contributed by atoms with Gasteiger partial charge in [0, 0.05) is 19.0 Å². The Morgan fingerprint density at radius 2 is 2.18 bits per heavy atom. The van der Waals surface area contributed by atoms with E-state index >= 15 is 0 Å². The molecule has 0 radical (unpaired) electrons. The number of hydrogen-bond acceptors (Lipinski definition) is 3. The molecule has 0 bridgehead atoms. The number of nitrogens with one attached hydrogen (secondary N) is 2. The van der Waals surface area contributed by atoms with Gasteiger partial charge in [-0.15, -0.1) is 12.4 Å². The zero-order valence-electron chi connectivity index (χ0n) is 9.75. The third-order valence-corrected chi connectivity index (χ3v) is 2.05. The summed E-state index contributed by atoms with van der Waals surface area (Å²) in [6, 6.07) is 4.21. The maximum atomic E-state index is 13.3. The van der Waals surface area contributed by atoms with Crippen LogP contribution in [0.2, 0.25) is 0 Å². The van der Waals surface area contributed by atoms with Gasteiger partial charge < -0.3 is 15.4 Å². The molecule has 1 rings (SSSR count). The maximum absolute atomic E-state index is 13.3. The molecule has 1 aromatic rings. The first kappa shape index (κ1) is 15.7. The average Bonchev–Trinajstić information content (AvgIpc) is 2.29. The number of carbonyl (C=O) groups is 1. The van der Waals surface area contributed by atoms with Gasteiger partial charge in [-0.2, -0.15) is 0 Å². The molecule has 0 heterocycles. The molecular formula is C11H16ClFN2O2. The van der Waals surface area contributed by atoms with E-state index in [0.29, 0.717) is 18.7 Å². The lowest BCUT2D eigenvalue weighted by molar-refractivity contribution is -0.116. The maximum Gasteiger partial charge on any atom is 0.225 e. The van der Waals surface area contributed by atoms with E-state index in [0.717, 1.165) is 0 Å². The predicted molar refractivity (Wildman–Crippen MR) is 67.4 cm³/mol. The summed E-state index contributed by atoms with van der Waals surface area (Å²) in [5.41, 5.74) is 0.139. The molecule has 0 unspecified atom stereocenters. The number of carbonyl (C=O) groups excluding carboxylic acids is 1. The van der Waals surface area contributed by atoms with Crippen molar-refractivity contribution in [1.29, 1.82) is 0 Å². The number of anilines is 1. The molecule has 0 fully saturated rings. The number of amides is 1. The largest absolute Gasteiger partial charge is 0.497 e. The van der Waals surface area contributed by atoms with Crippen LogP contribution in [0.1, 0.15) is 6.42 Å². The highest BCUT2D eigenvalue weighted by Gasteiger charge is 2.07. The Balaban J connectivity index is 0.00000256. The second kappa shape index (κ2) is 7.86. The van der Waals surface area contributed by atoms with Gasteiger partial charge in [-0.25, -0.2) is 4.39 Å². The number of ether oxygens (including phenoxy) is 1. The Labute approximate surface area is 106 Å². The predicted octanol–water partition coefficient (Wildman–Crippen LogP) is 1.80. The van der Waals surface area contributed by atoms with Crippen LogP contribution in [0.4, 0.5) is 10.1 Å². The normalized spacial score (nSPS) is 9.35. The Morgan fingerprint density at radius 3 is 2.76 bits per heavy atom. The second-order valence-corrected chi connectivity index (χ2v) is 3.25. The molecule has 1 aromatic carbocycles. The lowest BCUT2D eigenvalue weighted by atomic mass is 10.2. The van der Waals surface area contributed by atoms with Gasteiger partial charge in [-0.05, 0) is 19.2 Å². The minimum atomic E-state index is -0.474. The summed E-state index contributed by atoms with van der Waals surface area (Å²) in [4.78, 5) is 11.4. The fourth-order valence-corrected chi connectivity index (χ4v) is 1.18. The van der Waals surface area contributed by atoms with Crippen molar-refractivity contribution in [2.45, 2.75) is 6.42 Å². The van der Waals surface area contributed by atoms with Crippen LogP contribution in [0.5, 0.6) is 5.75 Å². The zero-order chi connectivity index (χ0) is 12.0. The van der Waals surface area contributed by atoms with Gasteiger partial charge in [0.15, 0.2) is 0 Å². The highest BCUT2D eigenvalue weighted by molar-refractivity contribution is 5.91. The summed E-state index contributed by atoms with van der Waals surface area (Å²) < 4.78 is 18.2. The average molecular weight is 263 g/mol. The molecule has 0 atom stereocenters. The summed E-state index contributed by atoms with van der Waals surface area (Å²) >= 11 is 0. The Morgan fingerprint density at radius 1 is 1.47 bits per heavy atom. The Bertz CT molecular complexity index is 374. The first-order valence-electron chi connectivity index (χ1n) is 4.95. The van der Waals surface area contributed by atoms with Crippen LogP contribution in [-0.2, 0) is 4.79 Å². The van der Waals surface area contributed by atoms with E-state index in [9.17, 15) is 9.18 Å². The highest BCUT2D eigenvalue weighted by Crippen LogP contribution is 2.20. The summed E-state index contributed by atoms with van der Waals surface area (Å²) in [5, 5.41) is 5.33. The minimum Gasteiger partial charge on any atom is -0.497 e. The van der Waals surface area contributed by atoms with E-state index in [4.69, 9.17) is 4.74 Å². The van der Waals surface area contributed by atoms with Gasteiger partial charge in [-0.1, -0.05) is 0 Å². The van der Waals surface area contributed by atoms with E-state index in [1.165, 1.54) is 25.3 Å². The first-order chi connectivity index (χ1) is 7.67. The molecule has 0 aliphatic heterocycles. The molecule has 0 saturated heterocycles. The van der Waals surface area contributed by atoms with Crippen molar-refractivity contribution in [2.75, 3.05) is 26.0 Å². The van der Waals surface area contributed by atoms with Crippen molar-refractivity contribution in [3.63, 3.8) is 0 Å². The fraction of sp³-hybridized carbons (Fsp3) is 0.364. The Hall–Kier alpha value is -1.33. The molecule has 96 valence electrons. The molecule has 0 saturated carbocycles. The second-order valence-electron chi connectivity index (χ2n) is 3.25. The van der Waals surface area contributed by atoms with E-state index in [2.05, 4.69) is 10.6 Å². The van der Waals surface area contributed by atoms with Crippen molar-refractivity contribution in [2.24, 2.45) is 0 Å². The van der Waals surface area contributed by atoms with Gasteiger partial charge in [-0.3, -0.25) is 4.79 Å². The molecule has 0 spiro atoms. The van der Waals surface area contributed by atoms with Crippen molar-refractivity contribution in [3.8, 4) is 5.75 Å². The quantitative estimate of drug-likeness (QED) is 0.851. The van der Waals surface area contributed by atoms with Gasteiger partial charge in [0.1, 0.15) is 11.6 Å². The van der Waals surface area contributed by atoms with E-state index in [1.807, 2.05) is 0 Å². The van der Waals surface area contributed by atoms with E-state index in [-0.39, 0.29) is 24.0 Å². The van der Waals surface area contributed by atoms with E-state index in [1.54, 1.807) is 7.05 Å². The smallest absolute Gasteiger partial charge is 0.225 e. The van der Waals surface area contributed by atoms with Crippen LogP contribution in [-0.4, -0.2) is 26.6 Å². The van der Waals surface area contributed by atoms with Crippen molar-refractivity contribution < 1.29 is 13.9 Å². The number of rotatable bonds is 5.